The Labute approximate surface area is 299 Å². The highest BCUT2D eigenvalue weighted by Crippen LogP contribution is 2.49. The first-order chi connectivity index (χ1) is 23.4. The second kappa shape index (κ2) is 31.3. The molecule has 0 aliphatic carbocycles. The maximum atomic E-state index is 13.4. The van der Waals surface area contributed by atoms with E-state index >= 15 is 0 Å². The van der Waals surface area contributed by atoms with E-state index in [1.165, 1.54) is 83.1 Å². The number of ether oxygens (including phenoxy) is 2. The van der Waals surface area contributed by atoms with Gasteiger partial charge in [-0.05, 0) is 40.0 Å². The predicted octanol–water partition coefficient (Wildman–Crippen LogP) is 9.14. The van der Waals surface area contributed by atoms with Crippen LogP contribution in [-0.2, 0) is 32.4 Å². The number of carbonyl (C=O) groups is 2. The lowest BCUT2D eigenvalue weighted by Gasteiger charge is -2.23. The van der Waals surface area contributed by atoms with Crippen molar-refractivity contribution < 1.29 is 37.2 Å². The number of carbonyl (C=O) groups excluding carboxylic acids is 2. The Bertz CT molecular complexity index is 871. The van der Waals surface area contributed by atoms with Crippen LogP contribution < -0.4 is 16.4 Å². The zero-order valence-corrected chi connectivity index (χ0v) is 32.8. The van der Waals surface area contributed by atoms with Gasteiger partial charge in [0.15, 0.2) is 0 Å². The molecule has 0 aliphatic rings. The van der Waals surface area contributed by atoms with Gasteiger partial charge < -0.3 is 25.8 Å². The van der Waals surface area contributed by atoms with Gasteiger partial charge in [0.1, 0.15) is 5.60 Å². The normalized spacial score (nSPS) is 14.2. The largest absolute Gasteiger partial charge is 0.475 e. The number of phosphoric acid groups is 1. The van der Waals surface area contributed by atoms with Gasteiger partial charge in [0, 0.05) is 25.6 Å². The quantitative estimate of drug-likeness (QED) is 0.0336. The lowest BCUT2D eigenvalue weighted by Crippen LogP contribution is -2.41. The van der Waals surface area contributed by atoms with Crippen molar-refractivity contribution in [3.05, 3.63) is 12.7 Å². The molecule has 0 aliphatic heterocycles. The van der Waals surface area contributed by atoms with Crippen LogP contribution in [0.2, 0.25) is 0 Å². The van der Waals surface area contributed by atoms with Gasteiger partial charge in [0.25, 0.3) is 0 Å². The van der Waals surface area contributed by atoms with E-state index in [9.17, 15) is 14.2 Å². The van der Waals surface area contributed by atoms with E-state index in [-0.39, 0.29) is 44.9 Å². The molecule has 0 aromatic rings. The molecular weight excluding hydrogens is 645 g/mol. The third kappa shape index (κ3) is 32.2. The van der Waals surface area contributed by atoms with Crippen molar-refractivity contribution in [3.8, 4) is 0 Å². The fraction of sp³-hybridized carbons (Fsp3) is 0.892. The predicted molar refractivity (Wildman–Crippen MR) is 200 cm³/mol. The molecule has 0 fully saturated rings. The van der Waals surface area contributed by atoms with Crippen LogP contribution in [0.1, 0.15) is 157 Å². The zero-order valence-electron chi connectivity index (χ0n) is 31.9. The first-order valence-corrected chi connectivity index (χ1v) is 20.6. The third-order valence-electron chi connectivity index (χ3n) is 7.81. The van der Waals surface area contributed by atoms with E-state index < -0.39 is 25.6 Å². The van der Waals surface area contributed by atoms with Gasteiger partial charge in [0.2, 0.25) is 5.91 Å². The van der Waals surface area contributed by atoms with Crippen molar-refractivity contribution in [3.63, 3.8) is 0 Å². The van der Waals surface area contributed by atoms with E-state index in [1.54, 1.807) is 20.8 Å². The zero-order chi connectivity index (χ0) is 36.6. The maximum Gasteiger partial charge on any atom is 0.475 e. The molecule has 0 spiro atoms. The molecule has 0 aromatic carbocycles. The molecule has 2 amide bonds. The van der Waals surface area contributed by atoms with Crippen molar-refractivity contribution in [1.82, 2.24) is 10.6 Å². The van der Waals surface area contributed by atoms with Gasteiger partial charge in [-0.2, -0.15) is 0 Å². The molecule has 3 atom stereocenters. The van der Waals surface area contributed by atoms with Crippen LogP contribution in [0.15, 0.2) is 12.7 Å². The summed E-state index contributed by atoms with van der Waals surface area (Å²) >= 11 is 0. The molecule has 0 rings (SSSR count). The SMILES string of the molecule is C=CCOP(=O)(OCCNC(=O)OC(C)(C)C)OC[C@@H](COCC[C@H](N)CCCCCCC)NC(=O)CCCCCCCCCCCCC. The Balaban J connectivity index is 4.88. The number of amides is 2. The molecule has 0 saturated heterocycles. The summed E-state index contributed by atoms with van der Waals surface area (Å²) in [5.74, 6) is -0.110. The molecular formula is C37H74N3O8P. The molecule has 1 unspecified atom stereocenters. The number of hydrogen-bond donors (Lipinski definition) is 3. The summed E-state index contributed by atoms with van der Waals surface area (Å²) in [6, 6.07) is -0.517. The van der Waals surface area contributed by atoms with Crippen LogP contribution in [0, 0.1) is 0 Å². The van der Waals surface area contributed by atoms with Crippen LogP contribution in [-0.4, -0.2) is 69.3 Å². The van der Waals surface area contributed by atoms with Crippen LogP contribution in [0.5, 0.6) is 0 Å². The van der Waals surface area contributed by atoms with Gasteiger partial charge in [-0.3, -0.25) is 18.4 Å². The van der Waals surface area contributed by atoms with E-state index in [0.29, 0.717) is 19.4 Å². The summed E-state index contributed by atoms with van der Waals surface area (Å²) < 4.78 is 41.0. The Hall–Kier alpha value is -1.49. The van der Waals surface area contributed by atoms with E-state index in [4.69, 9.17) is 28.8 Å². The molecule has 4 N–H and O–H groups in total. The molecule has 11 nitrogen and oxygen atoms in total. The number of rotatable bonds is 34. The molecule has 0 saturated carbocycles. The molecule has 0 bridgehead atoms. The van der Waals surface area contributed by atoms with Gasteiger partial charge in [-0.25, -0.2) is 9.36 Å². The highest BCUT2D eigenvalue weighted by Gasteiger charge is 2.29. The molecule has 0 heterocycles. The van der Waals surface area contributed by atoms with Gasteiger partial charge >= 0.3 is 13.9 Å². The second-order valence-corrected chi connectivity index (χ2v) is 15.6. The summed E-state index contributed by atoms with van der Waals surface area (Å²) in [6.07, 6.45) is 22.2. The Kier molecular flexibility index (Phi) is 30.3. The number of nitrogens with two attached hydrogens (primary N) is 1. The number of nitrogens with one attached hydrogen (secondary N) is 2. The first kappa shape index (κ1) is 47.5. The molecule has 0 radical (unpaired) electrons. The van der Waals surface area contributed by atoms with Crippen LogP contribution in [0.4, 0.5) is 4.79 Å². The van der Waals surface area contributed by atoms with Gasteiger partial charge in [-0.1, -0.05) is 116 Å². The van der Waals surface area contributed by atoms with Crippen molar-refractivity contribution in [2.45, 2.75) is 174 Å². The standard InChI is InChI=1S/C37H74N3O8P/c1-7-10-12-14-15-16-17-18-19-21-23-25-35(41)40-34(31-44-29-26-33(38)24-22-20-13-11-8-2)32-47-49(43,45-28-9-3)46-30-27-39-36(42)48-37(4,5)6/h9,33-34H,3,7-8,10-32,38H2,1-2,4-6H3,(H,39,42)(H,40,41)/t33-,34-,49?/m1/s1. The fourth-order valence-corrected chi connectivity index (χ4v) is 6.25. The molecule has 49 heavy (non-hydrogen) atoms. The number of phosphoric ester groups is 1. The minimum Gasteiger partial charge on any atom is -0.444 e. The van der Waals surface area contributed by atoms with E-state index in [1.807, 2.05) is 0 Å². The average Bonchev–Trinajstić information content (AvgIpc) is 3.04. The lowest BCUT2D eigenvalue weighted by atomic mass is 10.1. The molecule has 290 valence electrons. The number of hydrogen-bond acceptors (Lipinski definition) is 9. The van der Waals surface area contributed by atoms with Crippen molar-refractivity contribution in [1.29, 1.82) is 0 Å². The number of alkyl carbamates (subject to hydrolysis) is 1. The monoisotopic (exact) mass is 720 g/mol. The highest BCUT2D eigenvalue weighted by molar-refractivity contribution is 7.48. The van der Waals surface area contributed by atoms with Crippen molar-refractivity contribution in [2.75, 3.05) is 39.6 Å². The van der Waals surface area contributed by atoms with Crippen LogP contribution in [0.25, 0.3) is 0 Å². The van der Waals surface area contributed by atoms with Gasteiger partial charge in [0.05, 0.1) is 32.5 Å². The Morgan fingerprint density at radius 2 is 1.35 bits per heavy atom. The van der Waals surface area contributed by atoms with Crippen LogP contribution in [0.3, 0.4) is 0 Å². The lowest BCUT2D eigenvalue weighted by molar-refractivity contribution is -0.122. The topological polar surface area (TPSA) is 147 Å². The third-order valence-corrected chi connectivity index (χ3v) is 9.24. The smallest absolute Gasteiger partial charge is 0.444 e. The minimum absolute atomic E-state index is 0.0286. The second-order valence-electron chi connectivity index (χ2n) is 14.0. The maximum absolute atomic E-state index is 13.4. The van der Waals surface area contributed by atoms with Crippen molar-refractivity contribution in [2.24, 2.45) is 5.73 Å². The van der Waals surface area contributed by atoms with E-state index in [2.05, 4.69) is 31.1 Å². The fourth-order valence-electron chi connectivity index (χ4n) is 5.06. The van der Waals surface area contributed by atoms with Gasteiger partial charge in [-0.15, -0.1) is 6.58 Å². The van der Waals surface area contributed by atoms with E-state index in [0.717, 1.165) is 32.1 Å². The van der Waals surface area contributed by atoms with Crippen molar-refractivity contribution >= 4 is 19.8 Å². The Morgan fingerprint density at radius 1 is 0.776 bits per heavy atom. The summed E-state index contributed by atoms with van der Waals surface area (Å²) in [6.45, 7) is 13.6. The number of unbranched alkanes of at least 4 members (excludes halogenated alkanes) is 14. The summed E-state index contributed by atoms with van der Waals surface area (Å²) in [7, 11) is -4.05. The first-order valence-electron chi connectivity index (χ1n) is 19.2. The summed E-state index contributed by atoms with van der Waals surface area (Å²) in [5.41, 5.74) is 5.65. The average molecular weight is 720 g/mol. The Morgan fingerprint density at radius 3 is 1.92 bits per heavy atom. The van der Waals surface area contributed by atoms with Crippen LogP contribution >= 0.6 is 7.82 Å². The molecule has 12 heteroatoms. The highest BCUT2D eigenvalue weighted by atomic mass is 31.2. The molecule has 0 aromatic heterocycles. The summed E-state index contributed by atoms with van der Waals surface area (Å²) in [5, 5.41) is 5.53. The summed E-state index contributed by atoms with van der Waals surface area (Å²) in [4.78, 5) is 24.8. The minimum atomic E-state index is -4.05.